The summed E-state index contributed by atoms with van der Waals surface area (Å²) < 4.78 is 1.30. The predicted octanol–water partition coefficient (Wildman–Crippen LogP) is 2.13. The van der Waals surface area contributed by atoms with Gasteiger partial charge in [0.1, 0.15) is 0 Å². The van der Waals surface area contributed by atoms with Crippen LogP contribution in [0.15, 0.2) is 24.8 Å². The van der Waals surface area contributed by atoms with E-state index in [1.165, 1.54) is 21.0 Å². The molecule has 0 bridgehead atoms. The Labute approximate surface area is 112 Å². The van der Waals surface area contributed by atoms with E-state index in [1.807, 2.05) is 0 Å². The fourth-order valence-corrected chi connectivity index (χ4v) is 2.19. The summed E-state index contributed by atoms with van der Waals surface area (Å²) in [4.78, 5) is 2.15. The zero-order valence-corrected chi connectivity index (χ0v) is 11.8. The van der Waals surface area contributed by atoms with Gasteiger partial charge in [0.25, 0.3) is 0 Å². The molecule has 0 aromatic heterocycles. The van der Waals surface area contributed by atoms with Crippen molar-refractivity contribution in [3.8, 4) is 0 Å². The number of hydrogen-bond acceptors (Lipinski definition) is 1. The molecule has 1 heterocycles. The van der Waals surface area contributed by atoms with Crippen LogP contribution in [-0.4, -0.2) is 16.3 Å². The topological polar surface area (TPSA) is 3.24 Å². The second-order valence-corrected chi connectivity index (χ2v) is 4.57. The Morgan fingerprint density at radius 2 is 2.07 bits per heavy atom. The summed E-state index contributed by atoms with van der Waals surface area (Å²) >= 11 is 2.63. The number of hydrogen-bond donors (Lipinski definition) is 0. The van der Waals surface area contributed by atoms with Crippen LogP contribution in [0.4, 0.5) is 0 Å². The molecule has 1 aromatic carbocycles. The zero-order valence-electron chi connectivity index (χ0n) is 8.99. The number of aryl methyl sites for hydroxylation is 1. The van der Waals surface area contributed by atoms with E-state index >= 15 is 0 Å². The molecular weight excluding hydrogens is 260 g/mol. The molecule has 15 heavy (non-hydrogen) atoms. The Morgan fingerprint density at radius 3 is 2.73 bits per heavy atom. The van der Waals surface area contributed by atoms with Gasteiger partial charge in [-0.15, -0.1) is 0 Å². The largest absolute Gasteiger partial charge is 0 e. The summed E-state index contributed by atoms with van der Waals surface area (Å²) in [5.41, 5.74) is 5.08. The summed E-state index contributed by atoms with van der Waals surface area (Å²) in [6.07, 6.45) is 1.02. The van der Waals surface area contributed by atoms with Gasteiger partial charge in [0.2, 0.25) is 0 Å². The van der Waals surface area contributed by atoms with Gasteiger partial charge in [-0.1, -0.05) is 0 Å². The number of fused-ring (bicyclic) bond motifs is 1. The van der Waals surface area contributed by atoms with Crippen LogP contribution < -0.4 is 0 Å². The second kappa shape index (κ2) is 4.76. The van der Waals surface area contributed by atoms with Crippen LogP contribution in [-0.2, 0) is 42.0 Å². The number of benzene rings is 1. The SMILES string of the molecule is C=C1c2cc(C)ccc2C[C](=[V])N1C.[V]. The van der Waals surface area contributed by atoms with Crippen molar-refractivity contribution < 1.29 is 35.5 Å². The van der Waals surface area contributed by atoms with Crippen molar-refractivity contribution in [1.29, 1.82) is 0 Å². The summed E-state index contributed by atoms with van der Waals surface area (Å²) in [5.74, 6) is 0. The Morgan fingerprint density at radius 1 is 1.40 bits per heavy atom. The van der Waals surface area contributed by atoms with E-state index < -0.39 is 0 Å². The maximum atomic E-state index is 4.12. The predicted molar refractivity (Wildman–Crippen MR) is 56.7 cm³/mol. The molecule has 1 radical (unpaired) electrons. The van der Waals surface area contributed by atoms with Crippen LogP contribution in [0, 0.1) is 6.92 Å². The van der Waals surface area contributed by atoms with E-state index in [4.69, 9.17) is 0 Å². The van der Waals surface area contributed by atoms with E-state index in [-0.39, 0.29) is 18.6 Å². The average Bonchev–Trinajstić information content (AvgIpc) is 2.16. The van der Waals surface area contributed by atoms with Gasteiger partial charge in [-0.3, -0.25) is 0 Å². The fourth-order valence-electron chi connectivity index (χ4n) is 1.74. The van der Waals surface area contributed by atoms with Gasteiger partial charge in [-0.25, -0.2) is 0 Å². The number of likely N-dealkylation sites (N-methyl/N-ethyl adjacent to an activating group) is 1. The van der Waals surface area contributed by atoms with Crippen molar-refractivity contribution in [2.45, 2.75) is 13.3 Å². The van der Waals surface area contributed by atoms with Gasteiger partial charge in [-0.2, -0.15) is 0 Å². The van der Waals surface area contributed by atoms with Crippen LogP contribution in [0.25, 0.3) is 5.70 Å². The van der Waals surface area contributed by atoms with Crippen LogP contribution in [0.5, 0.6) is 0 Å². The fraction of sp³-hybridized carbons (Fsp3) is 0.250. The first-order valence-electron chi connectivity index (χ1n) is 4.67. The molecule has 0 atom stereocenters. The normalized spacial score (nSPS) is 14.6. The molecule has 0 aliphatic carbocycles. The molecule has 0 N–H and O–H groups in total. The standard InChI is InChI=1S/C12H13N.2V/c1-9-4-5-11-6-7-13(3)10(2)12(11)8-9;;/h4-5,8H,2,6H2,1,3H3;;. The molecule has 1 aromatic rings. The van der Waals surface area contributed by atoms with Crippen LogP contribution in [0.1, 0.15) is 16.7 Å². The molecule has 1 aliphatic heterocycles. The van der Waals surface area contributed by atoms with Gasteiger partial charge < -0.3 is 0 Å². The molecule has 0 amide bonds. The maximum Gasteiger partial charge on any atom is 0 e. The minimum Gasteiger partial charge on any atom is 0 e. The van der Waals surface area contributed by atoms with Crippen molar-refractivity contribution in [2.24, 2.45) is 0 Å². The molecule has 2 rings (SSSR count). The summed E-state index contributed by atoms with van der Waals surface area (Å²) in [7, 11) is 2.07. The van der Waals surface area contributed by atoms with E-state index in [0.29, 0.717) is 0 Å². The minimum absolute atomic E-state index is 0. The molecule has 1 nitrogen and oxygen atoms in total. The van der Waals surface area contributed by atoms with E-state index in [2.05, 4.69) is 60.6 Å². The minimum atomic E-state index is 0. The van der Waals surface area contributed by atoms with Crippen molar-refractivity contribution in [3.63, 3.8) is 0 Å². The number of rotatable bonds is 0. The second-order valence-electron chi connectivity index (χ2n) is 3.76. The molecular formula is C12H13NV2. The number of nitrogens with zero attached hydrogens (tertiary/aromatic N) is 1. The first-order valence-corrected chi connectivity index (χ1v) is 5.37. The van der Waals surface area contributed by atoms with Crippen molar-refractivity contribution in [3.05, 3.63) is 41.5 Å². The first kappa shape index (κ1) is 12.9. The van der Waals surface area contributed by atoms with Crippen molar-refractivity contribution in [2.75, 3.05) is 7.05 Å². The monoisotopic (exact) mass is 273 g/mol. The summed E-state index contributed by atoms with van der Waals surface area (Å²) in [5, 5.41) is 0. The van der Waals surface area contributed by atoms with Gasteiger partial charge in [-0.05, 0) is 0 Å². The van der Waals surface area contributed by atoms with Gasteiger partial charge in [0, 0.05) is 18.6 Å². The molecule has 1 aliphatic rings. The van der Waals surface area contributed by atoms with Gasteiger partial charge in [0.05, 0.1) is 0 Å². The first-order chi connectivity index (χ1) is 6.59. The zero-order chi connectivity index (χ0) is 10.3. The Balaban J connectivity index is 0.00000112. The van der Waals surface area contributed by atoms with E-state index in [1.54, 1.807) is 0 Å². The third kappa shape index (κ3) is 2.32. The molecule has 0 spiro atoms. The Bertz CT molecular complexity index is 424. The van der Waals surface area contributed by atoms with Crippen LogP contribution in [0.3, 0.4) is 0 Å². The van der Waals surface area contributed by atoms with Crippen molar-refractivity contribution in [1.82, 2.24) is 4.90 Å². The Kier molecular flexibility index (Phi) is 4.08. The molecule has 0 saturated heterocycles. The van der Waals surface area contributed by atoms with Crippen LogP contribution in [0.2, 0.25) is 0 Å². The van der Waals surface area contributed by atoms with E-state index in [0.717, 1.165) is 12.1 Å². The van der Waals surface area contributed by atoms with Crippen LogP contribution >= 0.6 is 0 Å². The summed E-state index contributed by atoms with van der Waals surface area (Å²) in [6.45, 7) is 6.24. The van der Waals surface area contributed by atoms with Gasteiger partial charge in [0.15, 0.2) is 0 Å². The third-order valence-electron chi connectivity index (χ3n) is 2.72. The third-order valence-corrected chi connectivity index (χ3v) is 3.43. The molecule has 3 heteroatoms. The average molecular weight is 273 g/mol. The summed E-state index contributed by atoms with van der Waals surface area (Å²) in [6, 6.07) is 6.58. The van der Waals surface area contributed by atoms with Gasteiger partial charge >= 0.3 is 93.8 Å². The van der Waals surface area contributed by atoms with Crippen molar-refractivity contribution >= 4 is 10.0 Å². The Hall–Kier alpha value is -0.201. The van der Waals surface area contributed by atoms with E-state index in [9.17, 15) is 0 Å². The maximum absolute atomic E-state index is 4.12. The smallest absolute Gasteiger partial charge is 0 e. The molecule has 76 valence electrons. The molecule has 0 unspecified atom stereocenters. The molecule has 0 saturated carbocycles. The quantitative estimate of drug-likeness (QED) is 0.700. The molecule has 0 fully saturated rings.